The van der Waals surface area contributed by atoms with Gasteiger partial charge in [0.1, 0.15) is 5.82 Å². The van der Waals surface area contributed by atoms with Gasteiger partial charge in [-0.2, -0.15) is 0 Å². The van der Waals surface area contributed by atoms with Crippen LogP contribution in [0, 0.1) is 12.8 Å². The number of hydrogen-bond donors (Lipinski definition) is 1. The van der Waals surface area contributed by atoms with Crippen molar-refractivity contribution in [2.24, 2.45) is 5.92 Å². The highest BCUT2D eigenvalue weighted by atomic mass is 16.3. The average Bonchev–Trinajstić information content (AvgIpc) is 3.12. The van der Waals surface area contributed by atoms with Crippen molar-refractivity contribution in [1.29, 1.82) is 0 Å². The molecule has 2 aromatic heterocycles. The third-order valence-electron chi connectivity index (χ3n) is 5.29. The predicted molar refractivity (Wildman–Crippen MR) is 95.8 cm³/mol. The van der Waals surface area contributed by atoms with E-state index in [1.54, 1.807) is 0 Å². The van der Waals surface area contributed by atoms with Crippen molar-refractivity contribution in [3.05, 3.63) is 48.4 Å². The van der Waals surface area contributed by atoms with Gasteiger partial charge in [-0.3, -0.25) is 4.98 Å². The Balaban J connectivity index is 1.80. The monoisotopic (exact) mass is 321 g/mol. The highest BCUT2D eigenvalue weighted by molar-refractivity contribution is 5.94. The number of pyridine rings is 1. The summed E-state index contributed by atoms with van der Waals surface area (Å²) in [5.41, 5.74) is 3.37. The summed E-state index contributed by atoms with van der Waals surface area (Å²) in [6, 6.07) is 8.81. The van der Waals surface area contributed by atoms with Gasteiger partial charge in [-0.15, -0.1) is 0 Å². The summed E-state index contributed by atoms with van der Waals surface area (Å²) in [4.78, 5) is 9.21. The van der Waals surface area contributed by atoms with E-state index in [4.69, 9.17) is 0 Å². The summed E-state index contributed by atoms with van der Waals surface area (Å²) in [7, 11) is 0. The molecule has 4 nitrogen and oxygen atoms in total. The van der Waals surface area contributed by atoms with Crippen molar-refractivity contribution in [1.82, 2.24) is 14.5 Å². The molecule has 4 heteroatoms. The first-order valence-electron chi connectivity index (χ1n) is 8.76. The van der Waals surface area contributed by atoms with Gasteiger partial charge in [-0.1, -0.05) is 24.6 Å². The lowest BCUT2D eigenvalue weighted by atomic mass is 9.86. The van der Waals surface area contributed by atoms with Crippen molar-refractivity contribution in [2.75, 3.05) is 6.61 Å². The predicted octanol–water partition coefficient (Wildman–Crippen LogP) is 4.13. The van der Waals surface area contributed by atoms with Crippen molar-refractivity contribution in [2.45, 2.75) is 38.6 Å². The maximum absolute atomic E-state index is 9.53. The number of aliphatic hydroxyl groups excluding tert-OH is 1. The Morgan fingerprint density at radius 3 is 2.96 bits per heavy atom. The van der Waals surface area contributed by atoms with Crippen LogP contribution in [0.4, 0.5) is 0 Å². The second-order valence-corrected chi connectivity index (χ2v) is 6.86. The molecule has 124 valence electrons. The summed E-state index contributed by atoms with van der Waals surface area (Å²) in [6.07, 6.45) is 10.3. The van der Waals surface area contributed by atoms with Gasteiger partial charge in [0.25, 0.3) is 0 Å². The van der Waals surface area contributed by atoms with Crippen LogP contribution < -0.4 is 0 Å². The van der Waals surface area contributed by atoms with Crippen molar-refractivity contribution in [3.8, 4) is 11.4 Å². The van der Waals surface area contributed by atoms with Gasteiger partial charge in [-0.05, 0) is 43.7 Å². The summed E-state index contributed by atoms with van der Waals surface area (Å²) >= 11 is 0. The molecule has 1 aliphatic carbocycles. The molecule has 1 aliphatic rings. The highest BCUT2D eigenvalue weighted by Gasteiger charge is 2.25. The van der Waals surface area contributed by atoms with Gasteiger partial charge in [0.05, 0.1) is 5.52 Å². The summed E-state index contributed by atoms with van der Waals surface area (Å²) in [6.45, 7) is 2.39. The number of imidazole rings is 1. The summed E-state index contributed by atoms with van der Waals surface area (Å²) < 4.78 is 2.30. The third kappa shape index (κ3) is 2.61. The molecule has 1 N–H and O–H groups in total. The minimum Gasteiger partial charge on any atom is -0.396 e. The minimum atomic E-state index is 0.290. The standard InChI is InChI=1S/C20H23N3O/c1-14-7-8-18(17-6-3-9-21-19(14)17)20-22-10-11-23(20)16-5-2-4-15(12-16)13-24/h3,6-11,15-16,24H,2,4-5,12-13H2,1H3/t15-,16-/m1/s1. The molecule has 0 spiro atoms. The first kappa shape index (κ1) is 15.3. The first-order valence-corrected chi connectivity index (χ1v) is 8.76. The number of fused-ring (bicyclic) bond motifs is 1. The molecular weight excluding hydrogens is 298 g/mol. The van der Waals surface area contributed by atoms with E-state index in [2.05, 4.69) is 45.9 Å². The van der Waals surface area contributed by atoms with Crippen LogP contribution in [0.2, 0.25) is 0 Å². The van der Waals surface area contributed by atoms with Crippen molar-refractivity contribution < 1.29 is 5.11 Å². The van der Waals surface area contributed by atoms with Crippen LogP contribution in [-0.4, -0.2) is 26.2 Å². The van der Waals surface area contributed by atoms with Crippen LogP contribution in [0.5, 0.6) is 0 Å². The number of aryl methyl sites for hydroxylation is 1. The lowest BCUT2D eigenvalue weighted by Crippen LogP contribution is -2.21. The Hall–Kier alpha value is -2.20. The average molecular weight is 321 g/mol. The summed E-state index contributed by atoms with van der Waals surface area (Å²) in [5.74, 6) is 1.42. The van der Waals surface area contributed by atoms with Crippen LogP contribution >= 0.6 is 0 Å². The SMILES string of the molecule is Cc1ccc(-c2nccn2[C@@H]2CCC[C@@H](CO)C2)c2cccnc12. The normalized spacial score (nSPS) is 21.2. The van der Waals surface area contributed by atoms with E-state index in [1.807, 2.05) is 18.5 Å². The molecule has 0 bridgehead atoms. The summed E-state index contributed by atoms with van der Waals surface area (Å²) in [5, 5.41) is 10.7. The Morgan fingerprint density at radius 2 is 2.08 bits per heavy atom. The number of aliphatic hydroxyl groups is 1. The van der Waals surface area contributed by atoms with Crippen LogP contribution in [0.1, 0.15) is 37.3 Å². The van der Waals surface area contributed by atoms with Crippen LogP contribution in [0.15, 0.2) is 42.9 Å². The second kappa shape index (κ2) is 6.36. The molecule has 2 atom stereocenters. The van der Waals surface area contributed by atoms with Crippen LogP contribution in [0.25, 0.3) is 22.3 Å². The highest BCUT2D eigenvalue weighted by Crippen LogP contribution is 2.36. The minimum absolute atomic E-state index is 0.290. The largest absolute Gasteiger partial charge is 0.396 e. The van der Waals surface area contributed by atoms with Crippen molar-refractivity contribution >= 4 is 10.9 Å². The number of hydrogen-bond acceptors (Lipinski definition) is 3. The number of nitrogens with zero attached hydrogens (tertiary/aromatic N) is 3. The maximum Gasteiger partial charge on any atom is 0.140 e. The molecule has 0 unspecified atom stereocenters. The van der Waals surface area contributed by atoms with Gasteiger partial charge < -0.3 is 9.67 Å². The maximum atomic E-state index is 9.53. The lowest BCUT2D eigenvalue weighted by molar-refractivity contribution is 0.163. The molecule has 3 aromatic rings. The van der Waals surface area contributed by atoms with E-state index in [0.29, 0.717) is 12.0 Å². The fourth-order valence-electron chi connectivity index (χ4n) is 4.01. The van der Waals surface area contributed by atoms with E-state index in [9.17, 15) is 5.11 Å². The van der Waals surface area contributed by atoms with Gasteiger partial charge in [0.15, 0.2) is 0 Å². The molecule has 0 amide bonds. The van der Waals surface area contributed by atoms with Gasteiger partial charge >= 0.3 is 0 Å². The Kier molecular flexibility index (Phi) is 4.07. The molecule has 0 aliphatic heterocycles. The molecule has 24 heavy (non-hydrogen) atoms. The molecular formula is C20H23N3O. The second-order valence-electron chi connectivity index (χ2n) is 6.86. The number of aromatic nitrogens is 3. The van der Waals surface area contributed by atoms with Crippen LogP contribution in [-0.2, 0) is 0 Å². The van der Waals surface area contributed by atoms with E-state index in [1.165, 1.54) is 12.0 Å². The van der Waals surface area contributed by atoms with E-state index < -0.39 is 0 Å². The Bertz CT molecular complexity index is 855. The fourth-order valence-corrected chi connectivity index (χ4v) is 4.01. The third-order valence-corrected chi connectivity index (χ3v) is 5.29. The van der Waals surface area contributed by atoms with Crippen LogP contribution in [0.3, 0.4) is 0 Å². The van der Waals surface area contributed by atoms with E-state index >= 15 is 0 Å². The smallest absolute Gasteiger partial charge is 0.140 e. The Labute approximate surface area is 142 Å². The molecule has 0 radical (unpaired) electrons. The van der Waals surface area contributed by atoms with E-state index in [0.717, 1.165) is 41.6 Å². The number of benzene rings is 1. The molecule has 4 rings (SSSR count). The molecule has 0 saturated heterocycles. The Morgan fingerprint density at radius 1 is 1.17 bits per heavy atom. The zero-order chi connectivity index (χ0) is 16.5. The van der Waals surface area contributed by atoms with Gasteiger partial charge in [-0.25, -0.2) is 4.98 Å². The fraction of sp³-hybridized carbons (Fsp3) is 0.400. The topological polar surface area (TPSA) is 50.9 Å². The van der Waals surface area contributed by atoms with E-state index in [-0.39, 0.29) is 6.61 Å². The van der Waals surface area contributed by atoms with Gasteiger partial charge in [0.2, 0.25) is 0 Å². The zero-order valence-corrected chi connectivity index (χ0v) is 14.0. The molecule has 2 heterocycles. The van der Waals surface area contributed by atoms with Gasteiger partial charge in [0, 0.05) is 42.2 Å². The quantitative estimate of drug-likeness (QED) is 0.789. The lowest BCUT2D eigenvalue weighted by Gasteiger charge is -2.30. The zero-order valence-electron chi connectivity index (χ0n) is 14.0. The first-order chi connectivity index (χ1) is 11.8. The molecule has 1 fully saturated rings. The molecule has 1 aromatic carbocycles. The number of rotatable bonds is 3. The molecule has 1 saturated carbocycles. The van der Waals surface area contributed by atoms with Crippen molar-refractivity contribution in [3.63, 3.8) is 0 Å².